The zero-order valence-electron chi connectivity index (χ0n) is 16.4. The second-order valence-corrected chi connectivity index (χ2v) is 8.13. The highest BCUT2D eigenvalue weighted by Crippen LogP contribution is 2.40. The van der Waals surface area contributed by atoms with Crippen molar-refractivity contribution in [3.05, 3.63) is 46.4 Å². The summed E-state index contributed by atoms with van der Waals surface area (Å²) in [5.41, 5.74) is -0.175. The monoisotopic (exact) mass is 384 g/mol. The number of hydrogen-bond acceptors (Lipinski definition) is 4. The molecule has 6 nitrogen and oxygen atoms in total. The zero-order chi connectivity index (χ0) is 19.7. The van der Waals surface area contributed by atoms with Crippen LogP contribution in [-0.2, 0) is 11.3 Å². The van der Waals surface area contributed by atoms with E-state index in [0.717, 1.165) is 25.7 Å². The van der Waals surface area contributed by atoms with Gasteiger partial charge in [0.1, 0.15) is 0 Å². The quantitative estimate of drug-likeness (QED) is 0.879. The van der Waals surface area contributed by atoms with Crippen LogP contribution in [-0.4, -0.2) is 52.9 Å². The van der Waals surface area contributed by atoms with Gasteiger partial charge >= 0.3 is 0 Å². The van der Waals surface area contributed by atoms with Crippen LogP contribution in [0.25, 0.3) is 10.8 Å². The molecule has 2 heterocycles. The van der Waals surface area contributed by atoms with Crippen molar-refractivity contribution < 1.29 is 14.6 Å². The number of piperidine rings is 1. The van der Waals surface area contributed by atoms with Gasteiger partial charge in [-0.3, -0.25) is 9.59 Å². The Balaban J connectivity index is 1.69. The first-order valence-electron chi connectivity index (χ1n) is 10.2. The molecule has 1 aromatic heterocycles. The molecule has 4 rings (SSSR count). The van der Waals surface area contributed by atoms with Crippen LogP contribution < -0.4 is 5.56 Å². The van der Waals surface area contributed by atoms with Crippen LogP contribution in [0.15, 0.2) is 35.3 Å². The number of ether oxygens (including phenoxy) is 1. The highest BCUT2D eigenvalue weighted by atomic mass is 16.5. The normalized spacial score (nSPS) is 24.9. The lowest BCUT2D eigenvalue weighted by Crippen LogP contribution is -2.54. The van der Waals surface area contributed by atoms with E-state index in [1.54, 1.807) is 23.9 Å². The molecule has 2 fully saturated rings. The van der Waals surface area contributed by atoms with Crippen molar-refractivity contribution in [1.29, 1.82) is 0 Å². The number of rotatable bonds is 4. The second kappa shape index (κ2) is 7.68. The van der Waals surface area contributed by atoms with E-state index >= 15 is 0 Å². The lowest BCUT2D eigenvalue weighted by Gasteiger charge is -2.47. The minimum absolute atomic E-state index is 0.0602. The molecule has 1 saturated heterocycles. The molecule has 1 aliphatic carbocycles. The fourth-order valence-electron chi connectivity index (χ4n) is 4.80. The molecule has 1 N–H and O–H groups in total. The van der Waals surface area contributed by atoms with E-state index < -0.39 is 5.60 Å². The largest absolute Gasteiger partial charge is 0.389 e. The summed E-state index contributed by atoms with van der Waals surface area (Å²) >= 11 is 0. The number of fused-ring (bicyclic) bond motifs is 2. The highest BCUT2D eigenvalue weighted by molar-refractivity contribution is 6.06. The number of methoxy groups -OCH3 is 1. The van der Waals surface area contributed by atoms with Gasteiger partial charge < -0.3 is 19.3 Å². The Hall–Kier alpha value is -2.18. The van der Waals surface area contributed by atoms with Crippen molar-refractivity contribution in [2.24, 2.45) is 5.92 Å². The van der Waals surface area contributed by atoms with E-state index in [1.165, 1.54) is 0 Å². The van der Waals surface area contributed by atoms with Gasteiger partial charge in [-0.05, 0) is 25.3 Å². The molecule has 28 heavy (non-hydrogen) atoms. The fourth-order valence-corrected chi connectivity index (χ4v) is 4.80. The molecule has 0 unspecified atom stereocenters. The number of amides is 1. The van der Waals surface area contributed by atoms with E-state index in [0.29, 0.717) is 49.0 Å². The van der Waals surface area contributed by atoms with Crippen LogP contribution in [0.5, 0.6) is 0 Å². The topological polar surface area (TPSA) is 71.8 Å². The summed E-state index contributed by atoms with van der Waals surface area (Å²) in [6.45, 7) is 1.95. The first kappa shape index (κ1) is 19.2. The Morgan fingerprint density at radius 1 is 1.25 bits per heavy atom. The Bertz CT molecular complexity index is 938. The van der Waals surface area contributed by atoms with E-state index in [9.17, 15) is 14.7 Å². The molecular weight excluding hydrogens is 356 g/mol. The smallest absolute Gasteiger partial charge is 0.258 e. The van der Waals surface area contributed by atoms with E-state index in [-0.39, 0.29) is 17.4 Å². The molecule has 1 aliphatic heterocycles. The Kier molecular flexibility index (Phi) is 5.25. The summed E-state index contributed by atoms with van der Waals surface area (Å²) in [5, 5.41) is 12.2. The maximum Gasteiger partial charge on any atom is 0.258 e. The minimum atomic E-state index is -0.617. The molecule has 1 saturated carbocycles. The molecule has 0 spiro atoms. The van der Waals surface area contributed by atoms with Crippen molar-refractivity contribution in [3.8, 4) is 0 Å². The van der Waals surface area contributed by atoms with Crippen LogP contribution in [0.2, 0.25) is 0 Å². The lowest BCUT2D eigenvalue weighted by molar-refractivity contribution is -0.0886. The SMILES string of the molecule is COCCn1cc(C(=O)N2CC[C@@]3(O)CCCC[C@@H]3C2)c2ccccc2c1=O. The number of benzene rings is 1. The number of carbonyl (C=O) groups is 1. The van der Waals surface area contributed by atoms with Crippen LogP contribution in [0, 0.1) is 5.92 Å². The van der Waals surface area contributed by atoms with E-state index in [1.807, 2.05) is 23.1 Å². The average Bonchev–Trinajstić information content (AvgIpc) is 2.72. The van der Waals surface area contributed by atoms with Gasteiger partial charge in [0.15, 0.2) is 0 Å². The van der Waals surface area contributed by atoms with E-state index in [2.05, 4.69) is 0 Å². The second-order valence-electron chi connectivity index (χ2n) is 8.13. The minimum Gasteiger partial charge on any atom is -0.389 e. The van der Waals surface area contributed by atoms with Gasteiger partial charge in [0.2, 0.25) is 0 Å². The molecule has 2 aromatic rings. The number of aromatic nitrogens is 1. The third kappa shape index (κ3) is 3.35. The van der Waals surface area contributed by atoms with Gasteiger partial charge in [0.05, 0.1) is 17.8 Å². The van der Waals surface area contributed by atoms with Crippen molar-refractivity contribution in [1.82, 2.24) is 9.47 Å². The van der Waals surface area contributed by atoms with Crippen LogP contribution in [0.1, 0.15) is 42.5 Å². The molecule has 150 valence electrons. The van der Waals surface area contributed by atoms with Crippen molar-refractivity contribution >= 4 is 16.7 Å². The molecule has 2 atom stereocenters. The molecule has 1 aromatic carbocycles. The lowest BCUT2D eigenvalue weighted by atomic mass is 9.71. The van der Waals surface area contributed by atoms with Gasteiger partial charge in [-0.25, -0.2) is 0 Å². The molecule has 0 radical (unpaired) electrons. The van der Waals surface area contributed by atoms with Gasteiger partial charge in [0.25, 0.3) is 11.5 Å². The summed E-state index contributed by atoms with van der Waals surface area (Å²) in [4.78, 5) is 28.1. The summed E-state index contributed by atoms with van der Waals surface area (Å²) < 4.78 is 6.69. The summed E-state index contributed by atoms with van der Waals surface area (Å²) in [5.74, 6) is 0.0830. The highest BCUT2D eigenvalue weighted by Gasteiger charge is 2.44. The van der Waals surface area contributed by atoms with Gasteiger partial charge in [0, 0.05) is 49.6 Å². The molecular formula is C22H28N2O4. The van der Waals surface area contributed by atoms with Crippen molar-refractivity contribution in [2.75, 3.05) is 26.8 Å². The van der Waals surface area contributed by atoms with Gasteiger partial charge in [-0.15, -0.1) is 0 Å². The summed E-state index contributed by atoms with van der Waals surface area (Å²) in [6, 6.07) is 7.29. The Morgan fingerprint density at radius 2 is 2.04 bits per heavy atom. The Labute approximate surface area is 164 Å². The maximum absolute atomic E-state index is 13.4. The predicted octanol–water partition coefficient (Wildman–Crippen LogP) is 2.42. The predicted molar refractivity (Wildman–Crippen MR) is 108 cm³/mol. The van der Waals surface area contributed by atoms with Crippen LogP contribution in [0.3, 0.4) is 0 Å². The van der Waals surface area contributed by atoms with Crippen LogP contribution >= 0.6 is 0 Å². The van der Waals surface area contributed by atoms with Crippen molar-refractivity contribution in [2.45, 2.75) is 44.2 Å². The number of nitrogens with zero attached hydrogens (tertiary/aromatic N) is 2. The molecule has 1 amide bonds. The summed E-state index contributed by atoms with van der Waals surface area (Å²) in [7, 11) is 1.59. The molecule has 2 aliphatic rings. The number of aliphatic hydroxyl groups is 1. The first-order valence-corrected chi connectivity index (χ1v) is 10.2. The first-order chi connectivity index (χ1) is 13.5. The zero-order valence-corrected chi connectivity index (χ0v) is 16.4. The Morgan fingerprint density at radius 3 is 2.82 bits per heavy atom. The van der Waals surface area contributed by atoms with Crippen molar-refractivity contribution in [3.63, 3.8) is 0 Å². The summed E-state index contributed by atoms with van der Waals surface area (Å²) in [6.07, 6.45) is 6.28. The molecule has 6 heteroatoms. The van der Waals surface area contributed by atoms with Gasteiger partial charge in [-0.2, -0.15) is 0 Å². The third-order valence-corrected chi connectivity index (χ3v) is 6.47. The third-order valence-electron chi connectivity index (χ3n) is 6.47. The number of pyridine rings is 1. The standard InChI is InChI=1S/C22H28N2O4/c1-28-13-12-24-15-19(17-7-2-3-8-18(17)20(24)25)21(26)23-11-10-22(27)9-5-4-6-16(22)14-23/h2-3,7-8,15-16,27H,4-6,9-14H2,1H3/t16-,22+/m1/s1. The maximum atomic E-state index is 13.4. The van der Waals surface area contributed by atoms with E-state index in [4.69, 9.17) is 4.74 Å². The number of hydrogen-bond donors (Lipinski definition) is 1. The molecule has 0 bridgehead atoms. The average molecular weight is 384 g/mol. The number of likely N-dealkylation sites (tertiary alicyclic amines) is 1. The number of carbonyl (C=O) groups excluding carboxylic acids is 1. The van der Waals surface area contributed by atoms with Crippen LogP contribution in [0.4, 0.5) is 0 Å². The fraction of sp³-hybridized carbons (Fsp3) is 0.545. The van der Waals surface area contributed by atoms with Gasteiger partial charge in [-0.1, -0.05) is 31.0 Å².